The molecule has 0 saturated carbocycles. The molecule has 3 rings (SSSR count). The fourth-order valence-corrected chi connectivity index (χ4v) is 4.41. The van der Waals surface area contributed by atoms with Crippen molar-refractivity contribution >= 4 is 21.4 Å². The number of rotatable bonds is 7. The minimum Gasteiger partial charge on any atom is -0.492 e. The lowest BCUT2D eigenvalue weighted by molar-refractivity contribution is 0.338. The molecule has 146 valence electrons. The largest absolute Gasteiger partial charge is 0.492 e. The smallest absolute Gasteiger partial charge is 0.261 e. The Labute approximate surface area is 161 Å². The van der Waals surface area contributed by atoms with Gasteiger partial charge >= 0.3 is 0 Å². The first kappa shape index (κ1) is 19.5. The number of anilines is 2. The molecule has 0 amide bonds. The van der Waals surface area contributed by atoms with Crippen LogP contribution in [0.2, 0.25) is 0 Å². The van der Waals surface area contributed by atoms with Crippen molar-refractivity contribution in [3.8, 4) is 5.75 Å². The van der Waals surface area contributed by atoms with Crippen LogP contribution in [0.1, 0.15) is 19.8 Å². The van der Waals surface area contributed by atoms with Gasteiger partial charge in [-0.15, -0.1) is 0 Å². The van der Waals surface area contributed by atoms with E-state index < -0.39 is 10.0 Å². The molecule has 0 unspecified atom stereocenters. The van der Waals surface area contributed by atoms with Gasteiger partial charge in [0.05, 0.1) is 22.9 Å². The predicted octanol–water partition coefficient (Wildman–Crippen LogP) is 3.07. The molecular formula is C20H27N3O3S. The van der Waals surface area contributed by atoms with Crippen LogP contribution in [0.3, 0.4) is 0 Å². The minimum atomic E-state index is -3.63. The van der Waals surface area contributed by atoms with Gasteiger partial charge < -0.3 is 15.0 Å². The topological polar surface area (TPSA) is 70.7 Å². The predicted molar refractivity (Wildman–Crippen MR) is 109 cm³/mol. The summed E-state index contributed by atoms with van der Waals surface area (Å²) in [6.07, 6.45) is 2.09. The third kappa shape index (κ3) is 4.73. The fraction of sp³-hybridized carbons (Fsp3) is 0.400. The van der Waals surface area contributed by atoms with Crippen molar-refractivity contribution in [1.29, 1.82) is 0 Å². The van der Waals surface area contributed by atoms with Gasteiger partial charge in [-0.25, -0.2) is 8.42 Å². The van der Waals surface area contributed by atoms with E-state index in [4.69, 9.17) is 4.74 Å². The van der Waals surface area contributed by atoms with Gasteiger partial charge in [-0.05, 0) is 63.2 Å². The molecule has 27 heavy (non-hydrogen) atoms. The molecule has 0 aromatic heterocycles. The highest BCUT2D eigenvalue weighted by molar-refractivity contribution is 7.92. The first-order valence-corrected chi connectivity index (χ1v) is 10.8. The van der Waals surface area contributed by atoms with E-state index in [1.54, 1.807) is 36.4 Å². The quantitative estimate of drug-likeness (QED) is 0.762. The summed E-state index contributed by atoms with van der Waals surface area (Å²) in [6.45, 7) is 4.47. The summed E-state index contributed by atoms with van der Waals surface area (Å²) in [6, 6.07) is 14.2. The normalized spacial score (nSPS) is 15.3. The number of ether oxygens (including phenoxy) is 1. The van der Waals surface area contributed by atoms with E-state index in [0.29, 0.717) is 18.3 Å². The number of piperidine rings is 1. The summed E-state index contributed by atoms with van der Waals surface area (Å²) in [5.74, 6) is 0.765. The molecule has 0 aliphatic carbocycles. The summed E-state index contributed by atoms with van der Waals surface area (Å²) in [7, 11) is -1.58. The van der Waals surface area contributed by atoms with Crippen LogP contribution in [0.25, 0.3) is 0 Å². The molecule has 1 heterocycles. The maximum absolute atomic E-state index is 12.6. The lowest BCUT2D eigenvalue weighted by Gasteiger charge is -2.34. The molecule has 1 aliphatic heterocycles. The molecule has 0 spiro atoms. The Morgan fingerprint density at radius 3 is 2.52 bits per heavy atom. The van der Waals surface area contributed by atoms with E-state index in [1.807, 2.05) is 26.1 Å². The molecule has 2 N–H and O–H groups in total. The van der Waals surface area contributed by atoms with Gasteiger partial charge in [-0.1, -0.05) is 18.2 Å². The molecule has 1 saturated heterocycles. The van der Waals surface area contributed by atoms with E-state index in [-0.39, 0.29) is 4.90 Å². The van der Waals surface area contributed by atoms with Gasteiger partial charge in [-0.2, -0.15) is 0 Å². The van der Waals surface area contributed by atoms with Gasteiger partial charge in [0, 0.05) is 13.1 Å². The van der Waals surface area contributed by atoms with Crippen molar-refractivity contribution in [1.82, 2.24) is 5.32 Å². The van der Waals surface area contributed by atoms with Crippen LogP contribution in [0.5, 0.6) is 5.75 Å². The summed E-state index contributed by atoms with van der Waals surface area (Å²) < 4.78 is 33.7. The minimum absolute atomic E-state index is 0.243. The molecule has 2 aromatic carbocycles. The van der Waals surface area contributed by atoms with Gasteiger partial charge in [0.15, 0.2) is 0 Å². The molecule has 1 fully saturated rings. The molecule has 0 bridgehead atoms. The first-order chi connectivity index (χ1) is 13.0. The molecule has 1 aliphatic rings. The Hall–Kier alpha value is -2.25. The number of benzene rings is 2. The fourth-order valence-electron chi connectivity index (χ4n) is 3.34. The zero-order chi connectivity index (χ0) is 19.3. The van der Waals surface area contributed by atoms with Crippen LogP contribution in [0, 0.1) is 0 Å². The van der Waals surface area contributed by atoms with Crippen LogP contribution in [-0.4, -0.2) is 41.2 Å². The molecule has 7 heteroatoms. The number of hydrogen-bond donors (Lipinski definition) is 2. The first-order valence-electron chi connectivity index (χ1n) is 9.29. The Kier molecular flexibility index (Phi) is 6.23. The number of hydrogen-bond acceptors (Lipinski definition) is 5. The zero-order valence-corrected chi connectivity index (χ0v) is 16.6. The molecule has 2 aromatic rings. The Morgan fingerprint density at radius 1 is 1.15 bits per heavy atom. The van der Waals surface area contributed by atoms with Gasteiger partial charge in [0.25, 0.3) is 10.0 Å². The van der Waals surface area contributed by atoms with Crippen molar-refractivity contribution in [3.05, 3.63) is 48.5 Å². The second-order valence-corrected chi connectivity index (χ2v) is 8.31. The van der Waals surface area contributed by atoms with Crippen LogP contribution in [0.4, 0.5) is 11.4 Å². The highest BCUT2D eigenvalue weighted by Gasteiger charge is 2.22. The molecule has 6 nitrogen and oxygen atoms in total. The summed E-state index contributed by atoms with van der Waals surface area (Å²) in [4.78, 5) is 2.44. The van der Waals surface area contributed by atoms with E-state index in [0.717, 1.165) is 37.4 Å². The SMILES string of the molecule is CCOc1ccc(NS(=O)(=O)c2ccccc2)cc1N(C)C1CCNCC1. The molecule has 0 radical (unpaired) electrons. The maximum Gasteiger partial charge on any atom is 0.261 e. The second kappa shape index (κ2) is 8.63. The Morgan fingerprint density at radius 2 is 1.85 bits per heavy atom. The lowest BCUT2D eigenvalue weighted by atomic mass is 10.0. The Bertz CT molecular complexity index is 850. The third-order valence-electron chi connectivity index (χ3n) is 4.80. The average molecular weight is 390 g/mol. The number of sulfonamides is 1. The monoisotopic (exact) mass is 389 g/mol. The van der Waals surface area contributed by atoms with Crippen molar-refractivity contribution in [3.63, 3.8) is 0 Å². The highest BCUT2D eigenvalue weighted by atomic mass is 32.2. The van der Waals surface area contributed by atoms with Crippen LogP contribution < -0.4 is 19.7 Å². The standard InChI is InChI=1S/C20H27N3O3S/c1-3-26-20-10-9-16(22-27(24,25)18-7-5-4-6-8-18)15-19(20)23(2)17-11-13-21-14-12-17/h4-10,15,17,21-22H,3,11-14H2,1-2H3. The lowest BCUT2D eigenvalue weighted by Crippen LogP contribution is -2.41. The maximum atomic E-state index is 12.6. The van der Waals surface area contributed by atoms with Crippen molar-refractivity contribution in [2.75, 3.05) is 36.4 Å². The summed E-state index contributed by atoms with van der Waals surface area (Å²) >= 11 is 0. The van der Waals surface area contributed by atoms with E-state index in [1.165, 1.54) is 0 Å². The van der Waals surface area contributed by atoms with Crippen LogP contribution >= 0.6 is 0 Å². The number of nitrogens with zero attached hydrogens (tertiary/aromatic N) is 1. The van der Waals surface area contributed by atoms with Gasteiger partial charge in [0.1, 0.15) is 5.75 Å². The van der Waals surface area contributed by atoms with Crippen molar-refractivity contribution in [2.45, 2.75) is 30.7 Å². The summed E-state index contributed by atoms with van der Waals surface area (Å²) in [5.41, 5.74) is 1.43. The van der Waals surface area contributed by atoms with Gasteiger partial charge in [-0.3, -0.25) is 4.72 Å². The average Bonchev–Trinajstić information content (AvgIpc) is 2.70. The third-order valence-corrected chi connectivity index (χ3v) is 6.20. The van der Waals surface area contributed by atoms with Gasteiger partial charge in [0.2, 0.25) is 0 Å². The van der Waals surface area contributed by atoms with Crippen molar-refractivity contribution in [2.24, 2.45) is 0 Å². The summed E-state index contributed by atoms with van der Waals surface area (Å²) in [5, 5.41) is 3.37. The highest BCUT2D eigenvalue weighted by Crippen LogP contribution is 2.34. The van der Waals surface area contributed by atoms with E-state index in [9.17, 15) is 8.42 Å². The molecule has 0 atom stereocenters. The Balaban J connectivity index is 1.88. The van der Waals surface area contributed by atoms with E-state index in [2.05, 4.69) is 14.9 Å². The van der Waals surface area contributed by atoms with Crippen molar-refractivity contribution < 1.29 is 13.2 Å². The molecular weight excluding hydrogens is 362 g/mol. The van der Waals surface area contributed by atoms with Crippen LogP contribution in [-0.2, 0) is 10.0 Å². The second-order valence-electron chi connectivity index (χ2n) is 6.63. The number of nitrogens with one attached hydrogen (secondary N) is 2. The van der Waals surface area contributed by atoms with Crippen LogP contribution in [0.15, 0.2) is 53.4 Å². The zero-order valence-electron chi connectivity index (χ0n) is 15.8. The van der Waals surface area contributed by atoms with E-state index >= 15 is 0 Å².